The number of halogens is 2. The van der Waals surface area contributed by atoms with E-state index in [4.69, 9.17) is 11.6 Å². The van der Waals surface area contributed by atoms with Gasteiger partial charge in [0.25, 0.3) is 15.9 Å². The molecule has 1 amide bonds. The van der Waals surface area contributed by atoms with E-state index >= 15 is 0 Å². The number of carbonyl (C=O) groups excluding carboxylic acids is 1. The van der Waals surface area contributed by atoms with Gasteiger partial charge in [0.2, 0.25) is 0 Å². The number of hydrogen-bond donors (Lipinski definition) is 2. The Labute approximate surface area is 151 Å². The number of amides is 1. The molecular weight excluding hydrogens is 367 g/mol. The van der Waals surface area contributed by atoms with Gasteiger partial charge in [-0.1, -0.05) is 25.4 Å². The molecule has 25 heavy (non-hydrogen) atoms. The molecule has 0 aliphatic heterocycles. The van der Waals surface area contributed by atoms with Crippen LogP contribution in [0.5, 0.6) is 0 Å². The van der Waals surface area contributed by atoms with Gasteiger partial charge in [0.1, 0.15) is 5.82 Å². The maximum Gasteiger partial charge on any atom is 0.261 e. The summed E-state index contributed by atoms with van der Waals surface area (Å²) >= 11 is 5.62. The van der Waals surface area contributed by atoms with Crippen molar-refractivity contribution in [3.63, 3.8) is 0 Å². The molecule has 2 rings (SSSR count). The van der Waals surface area contributed by atoms with E-state index in [1.54, 1.807) is 0 Å². The van der Waals surface area contributed by atoms with Crippen molar-refractivity contribution in [2.45, 2.75) is 18.7 Å². The molecule has 8 heteroatoms. The van der Waals surface area contributed by atoms with Crippen molar-refractivity contribution in [2.24, 2.45) is 5.92 Å². The van der Waals surface area contributed by atoms with Crippen molar-refractivity contribution < 1.29 is 17.6 Å². The second kappa shape index (κ2) is 7.84. The third kappa shape index (κ3) is 5.17. The fraction of sp³-hybridized carbons (Fsp3) is 0.235. The highest BCUT2D eigenvalue weighted by atomic mass is 35.5. The van der Waals surface area contributed by atoms with Crippen LogP contribution in [0.4, 0.5) is 10.1 Å². The minimum atomic E-state index is -3.91. The first kappa shape index (κ1) is 19.2. The average Bonchev–Trinajstić information content (AvgIpc) is 2.55. The lowest BCUT2D eigenvalue weighted by Gasteiger charge is -2.10. The van der Waals surface area contributed by atoms with Crippen LogP contribution in [0.1, 0.15) is 24.2 Å². The number of nitrogens with one attached hydrogen (secondary N) is 2. The molecule has 0 atom stereocenters. The normalized spacial score (nSPS) is 11.4. The molecule has 0 aromatic heterocycles. The van der Waals surface area contributed by atoms with E-state index in [9.17, 15) is 17.6 Å². The zero-order valence-electron chi connectivity index (χ0n) is 13.7. The summed E-state index contributed by atoms with van der Waals surface area (Å²) in [6.07, 6.45) is 0. The molecule has 0 aliphatic rings. The largest absolute Gasteiger partial charge is 0.352 e. The lowest BCUT2D eigenvalue weighted by Crippen LogP contribution is -2.27. The number of rotatable bonds is 6. The number of benzene rings is 2. The van der Waals surface area contributed by atoms with Crippen LogP contribution in [-0.2, 0) is 10.0 Å². The van der Waals surface area contributed by atoms with Crippen LogP contribution in [0.15, 0.2) is 47.4 Å². The standard InChI is InChI=1S/C17H18ClFN2O3S/c1-11(2)10-20-17(22)12-3-5-13(6-4-12)21-25(23,24)14-7-8-16(19)15(18)9-14/h3-9,11,21H,10H2,1-2H3,(H,20,22). The quantitative estimate of drug-likeness (QED) is 0.797. The molecule has 134 valence electrons. The van der Waals surface area contributed by atoms with Crippen LogP contribution >= 0.6 is 11.6 Å². The fourth-order valence-corrected chi connectivity index (χ4v) is 3.28. The maximum atomic E-state index is 13.2. The molecule has 0 bridgehead atoms. The van der Waals surface area contributed by atoms with Crippen molar-refractivity contribution in [3.05, 3.63) is 58.9 Å². The van der Waals surface area contributed by atoms with Crippen molar-refractivity contribution in [1.82, 2.24) is 5.32 Å². The van der Waals surface area contributed by atoms with Gasteiger partial charge < -0.3 is 5.32 Å². The summed E-state index contributed by atoms with van der Waals surface area (Å²) in [5.41, 5.74) is 0.703. The van der Waals surface area contributed by atoms with Crippen molar-refractivity contribution >= 4 is 33.2 Å². The minimum Gasteiger partial charge on any atom is -0.352 e. The Balaban J connectivity index is 2.12. The Kier molecular flexibility index (Phi) is 6.02. The first-order valence-corrected chi connectivity index (χ1v) is 9.41. The van der Waals surface area contributed by atoms with E-state index in [0.29, 0.717) is 18.0 Å². The summed E-state index contributed by atoms with van der Waals surface area (Å²) in [4.78, 5) is 11.8. The molecule has 0 saturated carbocycles. The molecule has 0 radical (unpaired) electrons. The third-order valence-corrected chi connectivity index (χ3v) is 4.94. The third-order valence-electron chi connectivity index (χ3n) is 3.27. The summed E-state index contributed by atoms with van der Waals surface area (Å²) in [6, 6.07) is 9.14. The number of anilines is 1. The number of sulfonamides is 1. The molecule has 2 aromatic carbocycles. The molecule has 5 nitrogen and oxygen atoms in total. The molecule has 2 aromatic rings. The molecule has 0 saturated heterocycles. The summed E-state index contributed by atoms with van der Waals surface area (Å²) in [6.45, 7) is 4.53. The second-order valence-electron chi connectivity index (χ2n) is 5.86. The van der Waals surface area contributed by atoms with Crippen LogP contribution in [-0.4, -0.2) is 20.9 Å². The Morgan fingerprint density at radius 2 is 1.80 bits per heavy atom. The van der Waals surface area contributed by atoms with E-state index in [1.807, 2.05) is 13.8 Å². The molecule has 0 aliphatic carbocycles. The molecule has 0 heterocycles. The van der Waals surface area contributed by atoms with Gasteiger partial charge >= 0.3 is 0 Å². The van der Waals surface area contributed by atoms with Crippen LogP contribution < -0.4 is 10.0 Å². The average molecular weight is 385 g/mol. The van der Waals surface area contributed by atoms with Gasteiger partial charge in [-0.2, -0.15) is 0 Å². The first-order chi connectivity index (χ1) is 11.7. The van der Waals surface area contributed by atoms with Crippen LogP contribution in [0, 0.1) is 11.7 Å². The van der Waals surface area contributed by atoms with Gasteiger partial charge in [-0.15, -0.1) is 0 Å². The summed E-state index contributed by atoms with van der Waals surface area (Å²) < 4.78 is 40.1. The Hall–Kier alpha value is -2.12. The van der Waals surface area contributed by atoms with Crippen molar-refractivity contribution in [3.8, 4) is 0 Å². The van der Waals surface area contributed by atoms with Gasteiger partial charge in [0.15, 0.2) is 0 Å². The lowest BCUT2D eigenvalue weighted by atomic mass is 10.2. The molecule has 2 N–H and O–H groups in total. The summed E-state index contributed by atoms with van der Waals surface area (Å²) in [7, 11) is -3.91. The van der Waals surface area contributed by atoms with E-state index in [0.717, 1.165) is 18.2 Å². The topological polar surface area (TPSA) is 75.3 Å². The molecule has 0 fully saturated rings. The second-order valence-corrected chi connectivity index (χ2v) is 7.95. The molecule has 0 spiro atoms. The SMILES string of the molecule is CC(C)CNC(=O)c1ccc(NS(=O)(=O)c2ccc(F)c(Cl)c2)cc1. The molecular formula is C17H18ClFN2O3S. The van der Waals surface area contributed by atoms with E-state index in [-0.39, 0.29) is 21.5 Å². The molecule has 0 unspecified atom stereocenters. The highest BCUT2D eigenvalue weighted by Gasteiger charge is 2.16. The predicted molar refractivity (Wildman–Crippen MR) is 95.8 cm³/mol. The smallest absolute Gasteiger partial charge is 0.261 e. The predicted octanol–water partition coefficient (Wildman–Crippen LogP) is 3.67. The van der Waals surface area contributed by atoms with E-state index in [1.165, 1.54) is 24.3 Å². The number of hydrogen-bond acceptors (Lipinski definition) is 3. The summed E-state index contributed by atoms with van der Waals surface area (Å²) in [5, 5.41) is 2.50. The Bertz CT molecular complexity index is 868. The zero-order chi connectivity index (χ0) is 18.6. The van der Waals surface area contributed by atoms with Crippen molar-refractivity contribution in [2.75, 3.05) is 11.3 Å². The lowest BCUT2D eigenvalue weighted by molar-refractivity contribution is 0.0949. The van der Waals surface area contributed by atoms with Gasteiger partial charge in [-0.05, 0) is 48.4 Å². The Morgan fingerprint density at radius 1 is 1.16 bits per heavy atom. The van der Waals surface area contributed by atoms with E-state index in [2.05, 4.69) is 10.0 Å². The Morgan fingerprint density at radius 3 is 2.36 bits per heavy atom. The highest BCUT2D eigenvalue weighted by Crippen LogP contribution is 2.22. The van der Waals surface area contributed by atoms with Crippen LogP contribution in [0.2, 0.25) is 5.02 Å². The monoisotopic (exact) mass is 384 g/mol. The van der Waals surface area contributed by atoms with Crippen LogP contribution in [0.3, 0.4) is 0 Å². The fourth-order valence-electron chi connectivity index (χ4n) is 1.95. The highest BCUT2D eigenvalue weighted by molar-refractivity contribution is 7.92. The zero-order valence-corrected chi connectivity index (χ0v) is 15.3. The van der Waals surface area contributed by atoms with Gasteiger partial charge in [0.05, 0.1) is 9.92 Å². The number of carbonyl (C=O) groups is 1. The van der Waals surface area contributed by atoms with E-state index < -0.39 is 15.8 Å². The minimum absolute atomic E-state index is 0.155. The van der Waals surface area contributed by atoms with Crippen LogP contribution in [0.25, 0.3) is 0 Å². The maximum absolute atomic E-state index is 13.2. The van der Waals surface area contributed by atoms with Crippen molar-refractivity contribution in [1.29, 1.82) is 0 Å². The van der Waals surface area contributed by atoms with Gasteiger partial charge in [0, 0.05) is 17.8 Å². The van der Waals surface area contributed by atoms with Gasteiger partial charge in [-0.25, -0.2) is 12.8 Å². The summed E-state index contributed by atoms with van der Waals surface area (Å²) in [5.74, 6) is -0.594. The van der Waals surface area contributed by atoms with Gasteiger partial charge in [-0.3, -0.25) is 9.52 Å². The first-order valence-electron chi connectivity index (χ1n) is 7.55.